The molecule has 0 bridgehead atoms. The highest BCUT2D eigenvalue weighted by Crippen LogP contribution is 2.27. The molecule has 0 spiro atoms. The molecule has 0 saturated heterocycles. The van der Waals surface area contributed by atoms with Crippen molar-refractivity contribution < 1.29 is 29.6 Å². The van der Waals surface area contributed by atoms with Gasteiger partial charge in [-0.1, -0.05) is 30.3 Å². The third-order valence-electron chi connectivity index (χ3n) is 5.03. The van der Waals surface area contributed by atoms with Gasteiger partial charge < -0.3 is 24.8 Å². The molecule has 1 aliphatic heterocycles. The van der Waals surface area contributed by atoms with Crippen molar-refractivity contribution in [2.24, 2.45) is 4.99 Å². The maximum Gasteiger partial charge on any atom is 0.266 e. The molecule has 2 aromatic carbocycles. The molecule has 0 aliphatic carbocycles. The quantitative estimate of drug-likeness (QED) is 0.233. The second kappa shape index (κ2) is 11.6. The molecule has 0 saturated carbocycles. The van der Waals surface area contributed by atoms with Crippen LogP contribution in [0.4, 0.5) is 0 Å². The molecule has 32 heavy (non-hydrogen) atoms. The smallest absolute Gasteiger partial charge is 0.266 e. The first-order valence-corrected chi connectivity index (χ1v) is 10.5. The van der Waals surface area contributed by atoms with Crippen LogP contribution >= 0.6 is 0 Å². The Balaban J connectivity index is 1.79. The molecule has 3 rings (SSSR count). The summed E-state index contributed by atoms with van der Waals surface area (Å²) in [6.45, 7) is -0.132. The molecule has 0 fully saturated rings. The highest BCUT2D eigenvalue weighted by Gasteiger charge is 2.44. The SMILES string of the molecule is O=C(NNC(CO)CO)[C@]1(Cc2ccccc2)COC(c2ccc(OCCCO)cc2)=N1. The molecule has 2 aromatic rings. The molecule has 1 atom stereocenters. The molecule has 172 valence electrons. The minimum atomic E-state index is -1.21. The number of ether oxygens (including phenoxy) is 2. The third-order valence-corrected chi connectivity index (χ3v) is 5.03. The van der Waals surface area contributed by atoms with E-state index < -0.39 is 17.5 Å². The average molecular weight is 444 g/mol. The number of rotatable bonds is 12. The predicted octanol–water partition coefficient (Wildman–Crippen LogP) is 0.180. The highest BCUT2D eigenvalue weighted by atomic mass is 16.5. The van der Waals surface area contributed by atoms with Gasteiger partial charge in [-0.25, -0.2) is 10.4 Å². The van der Waals surface area contributed by atoms with Gasteiger partial charge >= 0.3 is 0 Å². The lowest BCUT2D eigenvalue weighted by Gasteiger charge is -2.24. The van der Waals surface area contributed by atoms with E-state index in [1.807, 2.05) is 30.3 Å². The van der Waals surface area contributed by atoms with Crippen LogP contribution in [0.3, 0.4) is 0 Å². The molecule has 1 aliphatic rings. The molecule has 0 aromatic heterocycles. The minimum absolute atomic E-state index is 0.0441. The van der Waals surface area contributed by atoms with E-state index in [0.717, 1.165) is 5.56 Å². The van der Waals surface area contributed by atoms with Crippen LogP contribution in [0.15, 0.2) is 59.6 Å². The number of carbonyl (C=O) groups is 1. The largest absolute Gasteiger partial charge is 0.494 e. The zero-order valence-electron chi connectivity index (χ0n) is 17.7. The van der Waals surface area contributed by atoms with Crippen molar-refractivity contribution in [3.05, 3.63) is 65.7 Å². The normalized spacial score (nSPS) is 17.7. The van der Waals surface area contributed by atoms with Crippen LogP contribution in [0.25, 0.3) is 0 Å². The summed E-state index contributed by atoms with van der Waals surface area (Å²) in [5.74, 6) is 0.586. The van der Waals surface area contributed by atoms with Crippen LogP contribution < -0.4 is 15.6 Å². The van der Waals surface area contributed by atoms with Crippen molar-refractivity contribution in [3.63, 3.8) is 0 Å². The van der Waals surface area contributed by atoms with Crippen molar-refractivity contribution in [2.45, 2.75) is 24.4 Å². The van der Waals surface area contributed by atoms with Crippen molar-refractivity contribution in [1.82, 2.24) is 10.9 Å². The van der Waals surface area contributed by atoms with Gasteiger partial charge in [0.2, 0.25) is 5.90 Å². The first-order valence-electron chi connectivity index (χ1n) is 10.5. The zero-order valence-corrected chi connectivity index (χ0v) is 17.7. The summed E-state index contributed by atoms with van der Waals surface area (Å²) in [5, 5.41) is 27.3. The summed E-state index contributed by atoms with van der Waals surface area (Å²) in [6.07, 6.45) is 0.867. The second-order valence-corrected chi connectivity index (χ2v) is 7.51. The fourth-order valence-corrected chi connectivity index (χ4v) is 3.20. The number of aliphatic hydroxyl groups excluding tert-OH is 3. The zero-order chi connectivity index (χ0) is 22.8. The number of hydrazine groups is 1. The Hall–Kier alpha value is -2.98. The third kappa shape index (κ3) is 6.04. The van der Waals surface area contributed by atoms with Gasteiger partial charge in [0.1, 0.15) is 12.4 Å². The predicted molar refractivity (Wildman–Crippen MR) is 118 cm³/mol. The maximum atomic E-state index is 13.1. The van der Waals surface area contributed by atoms with Crippen LogP contribution in [-0.4, -0.2) is 71.7 Å². The summed E-state index contributed by atoms with van der Waals surface area (Å²) in [6, 6.07) is 16.0. The lowest BCUT2D eigenvalue weighted by Crippen LogP contribution is -2.56. The van der Waals surface area contributed by atoms with E-state index in [4.69, 9.17) is 14.6 Å². The van der Waals surface area contributed by atoms with Crippen molar-refractivity contribution in [3.8, 4) is 5.75 Å². The van der Waals surface area contributed by atoms with Gasteiger partial charge in [0, 0.05) is 25.0 Å². The number of amides is 1. The van der Waals surface area contributed by atoms with Crippen LogP contribution in [-0.2, 0) is 16.0 Å². The fraction of sp³-hybridized carbons (Fsp3) is 0.391. The minimum Gasteiger partial charge on any atom is -0.494 e. The standard InChI is InChI=1S/C23H29N3O6/c27-11-4-12-31-20-9-7-18(8-10-20)21-24-23(16-32-21,13-17-5-2-1-3-6-17)22(30)26-25-19(14-28)15-29/h1-3,5-10,19,25,27-29H,4,11-16H2,(H,26,30)/t23-/m0/s1. The van der Waals surface area contributed by atoms with E-state index in [-0.39, 0.29) is 26.4 Å². The second-order valence-electron chi connectivity index (χ2n) is 7.51. The van der Waals surface area contributed by atoms with Gasteiger partial charge in [-0.05, 0) is 29.8 Å². The molecular formula is C23H29N3O6. The van der Waals surface area contributed by atoms with E-state index >= 15 is 0 Å². The number of carbonyl (C=O) groups excluding carboxylic acids is 1. The Morgan fingerprint density at radius 1 is 1.09 bits per heavy atom. The van der Waals surface area contributed by atoms with Gasteiger partial charge in [-0.15, -0.1) is 0 Å². The summed E-state index contributed by atoms with van der Waals surface area (Å²) >= 11 is 0. The molecule has 1 heterocycles. The van der Waals surface area contributed by atoms with Gasteiger partial charge in [-0.2, -0.15) is 0 Å². The van der Waals surface area contributed by atoms with Gasteiger partial charge in [0.05, 0.1) is 25.9 Å². The molecule has 1 amide bonds. The van der Waals surface area contributed by atoms with Crippen LogP contribution in [0, 0.1) is 0 Å². The summed E-state index contributed by atoms with van der Waals surface area (Å²) in [7, 11) is 0. The van der Waals surface area contributed by atoms with E-state index in [1.165, 1.54) is 0 Å². The number of aliphatic hydroxyl groups is 3. The Labute approximate surface area is 186 Å². The van der Waals surface area contributed by atoms with E-state index in [1.54, 1.807) is 24.3 Å². The maximum absolute atomic E-state index is 13.1. The molecule has 9 nitrogen and oxygen atoms in total. The molecular weight excluding hydrogens is 414 g/mol. The summed E-state index contributed by atoms with van der Waals surface area (Å²) in [4.78, 5) is 17.8. The Bertz CT molecular complexity index is 886. The molecule has 9 heteroatoms. The van der Waals surface area contributed by atoms with Crippen LogP contribution in [0.5, 0.6) is 5.75 Å². The lowest BCUT2D eigenvalue weighted by molar-refractivity contribution is -0.128. The molecule has 0 radical (unpaired) electrons. The summed E-state index contributed by atoms with van der Waals surface area (Å²) in [5.41, 5.74) is 5.61. The van der Waals surface area contributed by atoms with E-state index in [9.17, 15) is 15.0 Å². The van der Waals surface area contributed by atoms with Crippen LogP contribution in [0.1, 0.15) is 17.5 Å². The number of hydrogen-bond donors (Lipinski definition) is 5. The first kappa shape index (κ1) is 23.7. The number of hydrogen-bond acceptors (Lipinski definition) is 8. The van der Waals surface area contributed by atoms with Gasteiger partial charge in [0.25, 0.3) is 5.91 Å². The van der Waals surface area contributed by atoms with Gasteiger partial charge in [-0.3, -0.25) is 10.2 Å². The van der Waals surface area contributed by atoms with E-state index in [2.05, 4.69) is 15.8 Å². The Morgan fingerprint density at radius 2 is 1.81 bits per heavy atom. The van der Waals surface area contributed by atoms with Crippen molar-refractivity contribution >= 4 is 11.8 Å². The number of benzene rings is 2. The summed E-state index contributed by atoms with van der Waals surface area (Å²) < 4.78 is 11.4. The van der Waals surface area contributed by atoms with Crippen molar-refractivity contribution in [2.75, 3.05) is 33.0 Å². The highest BCUT2D eigenvalue weighted by molar-refractivity contribution is 6.00. The van der Waals surface area contributed by atoms with E-state index in [0.29, 0.717) is 36.7 Å². The number of nitrogens with one attached hydrogen (secondary N) is 2. The molecule has 0 unspecified atom stereocenters. The average Bonchev–Trinajstić information content (AvgIpc) is 3.26. The Morgan fingerprint density at radius 3 is 2.47 bits per heavy atom. The molecule has 5 N–H and O–H groups in total. The monoisotopic (exact) mass is 443 g/mol. The topological polar surface area (TPSA) is 133 Å². The first-order chi connectivity index (χ1) is 15.6. The fourth-order valence-electron chi connectivity index (χ4n) is 3.20. The number of nitrogens with zero attached hydrogens (tertiary/aromatic N) is 1. The van der Waals surface area contributed by atoms with Gasteiger partial charge in [0.15, 0.2) is 5.54 Å². The number of aliphatic imine (C=N–C) groups is 1. The Kier molecular flexibility index (Phi) is 8.57. The van der Waals surface area contributed by atoms with Crippen LogP contribution in [0.2, 0.25) is 0 Å². The van der Waals surface area contributed by atoms with Crippen molar-refractivity contribution in [1.29, 1.82) is 0 Å². The lowest BCUT2D eigenvalue weighted by atomic mass is 9.91.